The average molecular weight is 302 g/mol. The Balaban J connectivity index is 1.97. The number of ether oxygens (including phenoxy) is 3. The fourth-order valence-corrected chi connectivity index (χ4v) is 1.84. The van der Waals surface area contributed by atoms with Crippen molar-refractivity contribution in [1.29, 1.82) is 0 Å². The monoisotopic (exact) mass is 301 g/mol. The predicted octanol–water partition coefficient (Wildman–Crippen LogP) is 1.69. The van der Waals surface area contributed by atoms with Gasteiger partial charge in [-0.2, -0.15) is 0 Å². The molecule has 0 saturated carbocycles. The number of primary amides is 1. The molecule has 0 aromatic heterocycles. The summed E-state index contributed by atoms with van der Waals surface area (Å²) in [7, 11) is 0. The van der Waals surface area contributed by atoms with Gasteiger partial charge in [-0.3, -0.25) is 0 Å². The van der Waals surface area contributed by atoms with Gasteiger partial charge in [-0.25, -0.2) is 4.79 Å². The first-order valence-electron chi connectivity index (χ1n) is 5.11. The molecule has 0 bridgehead atoms. The van der Waals surface area contributed by atoms with Crippen molar-refractivity contribution in [1.82, 2.24) is 0 Å². The molecule has 0 spiro atoms. The summed E-state index contributed by atoms with van der Waals surface area (Å²) in [4.78, 5) is 10.7. The Morgan fingerprint density at radius 1 is 1.29 bits per heavy atom. The molecule has 0 radical (unpaired) electrons. The van der Waals surface area contributed by atoms with Crippen molar-refractivity contribution in [3.63, 3.8) is 0 Å². The van der Waals surface area contributed by atoms with Gasteiger partial charge in [-0.15, -0.1) is 0 Å². The molecule has 1 aliphatic heterocycles. The zero-order valence-corrected chi connectivity index (χ0v) is 10.6. The van der Waals surface area contributed by atoms with E-state index >= 15 is 0 Å². The predicted molar refractivity (Wildman–Crippen MR) is 63.8 cm³/mol. The first-order valence-corrected chi connectivity index (χ1v) is 5.90. The molecule has 2 rings (SSSR count). The topological polar surface area (TPSA) is 70.8 Å². The van der Waals surface area contributed by atoms with Gasteiger partial charge in [0, 0.05) is 4.47 Å². The molecular formula is C11H12BrNO4. The summed E-state index contributed by atoms with van der Waals surface area (Å²) in [6.07, 6.45) is -1.58. The number of halogens is 1. The third-order valence-corrected chi connectivity index (χ3v) is 2.88. The summed E-state index contributed by atoms with van der Waals surface area (Å²) in [6, 6.07) is 7.39. The highest BCUT2D eigenvalue weighted by Gasteiger charge is 2.32. The van der Waals surface area contributed by atoms with E-state index in [2.05, 4.69) is 15.9 Å². The molecule has 1 aromatic carbocycles. The van der Waals surface area contributed by atoms with Crippen LogP contribution in [0.5, 0.6) is 5.75 Å². The van der Waals surface area contributed by atoms with E-state index in [4.69, 9.17) is 19.9 Å². The highest BCUT2D eigenvalue weighted by Crippen LogP contribution is 2.21. The van der Waals surface area contributed by atoms with Crippen molar-refractivity contribution in [2.45, 2.75) is 12.2 Å². The Kier molecular flexibility index (Phi) is 3.86. The molecule has 6 heteroatoms. The number of carbonyl (C=O) groups is 1. The van der Waals surface area contributed by atoms with Gasteiger partial charge in [0.15, 0.2) is 12.2 Å². The van der Waals surface area contributed by atoms with Gasteiger partial charge in [0.2, 0.25) is 0 Å². The minimum Gasteiger partial charge on any atom is -0.484 e. The SMILES string of the molecule is NC(=O)O[C@@H]1COC[C@H]1Oc1ccc(Br)cc1. The van der Waals surface area contributed by atoms with Crippen LogP contribution < -0.4 is 10.5 Å². The standard InChI is InChI=1S/C11H12BrNO4/c12-7-1-3-8(4-2-7)16-9-5-15-6-10(9)17-11(13)14/h1-4,9-10H,5-6H2,(H2,13,14)/t9-,10-/m1/s1. The van der Waals surface area contributed by atoms with Gasteiger partial charge in [0.25, 0.3) is 0 Å². The molecule has 1 heterocycles. The lowest BCUT2D eigenvalue weighted by Gasteiger charge is -2.18. The molecule has 5 nitrogen and oxygen atoms in total. The van der Waals surface area contributed by atoms with Crippen LogP contribution in [0.4, 0.5) is 4.79 Å². The summed E-state index contributed by atoms with van der Waals surface area (Å²) < 4.78 is 16.7. The first kappa shape index (κ1) is 12.2. The maximum absolute atomic E-state index is 10.7. The summed E-state index contributed by atoms with van der Waals surface area (Å²) in [5, 5.41) is 0. The van der Waals surface area contributed by atoms with Crippen LogP contribution in [0.25, 0.3) is 0 Å². The summed E-state index contributed by atoms with van der Waals surface area (Å²) in [5.74, 6) is 0.696. The van der Waals surface area contributed by atoms with Crippen LogP contribution in [0.15, 0.2) is 28.7 Å². The molecule has 92 valence electrons. The van der Waals surface area contributed by atoms with Crippen LogP contribution in [-0.4, -0.2) is 31.5 Å². The van der Waals surface area contributed by atoms with E-state index in [0.717, 1.165) is 4.47 Å². The third-order valence-electron chi connectivity index (χ3n) is 2.35. The summed E-state index contributed by atoms with van der Waals surface area (Å²) in [5.41, 5.74) is 4.97. The van der Waals surface area contributed by atoms with Crippen LogP contribution in [0.3, 0.4) is 0 Å². The lowest BCUT2D eigenvalue weighted by Crippen LogP contribution is -2.35. The molecule has 2 N–H and O–H groups in total. The molecule has 1 aliphatic rings. The number of amides is 1. The van der Waals surface area contributed by atoms with Crippen LogP contribution in [0, 0.1) is 0 Å². The van der Waals surface area contributed by atoms with Crippen molar-refractivity contribution in [3.8, 4) is 5.75 Å². The maximum atomic E-state index is 10.7. The molecule has 0 unspecified atom stereocenters. The second-order valence-electron chi connectivity index (χ2n) is 3.62. The van der Waals surface area contributed by atoms with E-state index in [1.807, 2.05) is 24.3 Å². The van der Waals surface area contributed by atoms with Crippen molar-refractivity contribution in [2.24, 2.45) is 5.73 Å². The fraction of sp³-hybridized carbons (Fsp3) is 0.364. The molecule has 1 saturated heterocycles. The Morgan fingerprint density at radius 3 is 2.59 bits per heavy atom. The number of hydrogen-bond donors (Lipinski definition) is 1. The number of rotatable bonds is 3. The second kappa shape index (κ2) is 5.37. The molecule has 1 amide bonds. The van der Waals surface area contributed by atoms with Gasteiger partial charge < -0.3 is 19.9 Å². The van der Waals surface area contributed by atoms with E-state index in [9.17, 15) is 4.79 Å². The quantitative estimate of drug-likeness (QED) is 0.922. The van der Waals surface area contributed by atoms with E-state index in [0.29, 0.717) is 19.0 Å². The van der Waals surface area contributed by atoms with Crippen LogP contribution >= 0.6 is 15.9 Å². The Hall–Kier alpha value is -1.27. The molecule has 0 aliphatic carbocycles. The van der Waals surface area contributed by atoms with Crippen molar-refractivity contribution in [3.05, 3.63) is 28.7 Å². The fourth-order valence-electron chi connectivity index (χ4n) is 1.57. The van der Waals surface area contributed by atoms with Crippen molar-refractivity contribution < 1.29 is 19.0 Å². The highest BCUT2D eigenvalue weighted by atomic mass is 79.9. The van der Waals surface area contributed by atoms with Gasteiger partial charge >= 0.3 is 6.09 Å². The van der Waals surface area contributed by atoms with E-state index < -0.39 is 12.2 Å². The van der Waals surface area contributed by atoms with Gasteiger partial charge in [0.05, 0.1) is 13.2 Å². The van der Waals surface area contributed by atoms with Crippen molar-refractivity contribution in [2.75, 3.05) is 13.2 Å². The lowest BCUT2D eigenvalue weighted by molar-refractivity contribution is 0.0487. The van der Waals surface area contributed by atoms with Crippen LogP contribution in [0.1, 0.15) is 0 Å². The molecule has 1 aromatic rings. The minimum absolute atomic E-state index is 0.310. The molecular weight excluding hydrogens is 290 g/mol. The Labute approximate surface area is 107 Å². The summed E-state index contributed by atoms with van der Waals surface area (Å²) in [6.45, 7) is 0.693. The number of hydrogen-bond acceptors (Lipinski definition) is 4. The highest BCUT2D eigenvalue weighted by molar-refractivity contribution is 9.10. The normalized spacial score (nSPS) is 23.4. The number of benzene rings is 1. The number of nitrogens with two attached hydrogens (primary N) is 1. The van der Waals surface area contributed by atoms with E-state index in [-0.39, 0.29) is 6.10 Å². The van der Waals surface area contributed by atoms with Crippen molar-refractivity contribution >= 4 is 22.0 Å². The van der Waals surface area contributed by atoms with Gasteiger partial charge in [-0.05, 0) is 24.3 Å². The Bertz CT molecular complexity index is 395. The third kappa shape index (κ3) is 3.34. The average Bonchev–Trinajstić information content (AvgIpc) is 2.68. The van der Waals surface area contributed by atoms with E-state index in [1.54, 1.807) is 0 Å². The van der Waals surface area contributed by atoms with Gasteiger partial charge in [-0.1, -0.05) is 15.9 Å². The maximum Gasteiger partial charge on any atom is 0.404 e. The zero-order chi connectivity index (χ0) is 12.3. The molecule has 1 fully saturated rings. The van der Waals surface area contributed by atoms with Crippen LogP contribution in [0.2, 0.25) is 0 Å². The number of carbonyl (C=O) groups excluding carboxylic acids is 1. The second-order valence-corrected chi connectivity index (χ2v) is 4.54. The first-order chi connectivity index (χ1) is 8.15. The smallest absolute Gasteiger partial charge is 0.404 e. The molecule has 2 atom stereocenters. The molecule has 17 heavy (non-hydrogen) atoms. The summed E-state index contributed by atoms with van der Waals surface area (Å²) >= 11 is 3.34. The minimum atomic E-state index is -0.815. The largest absolute Gasteiger partial charge is 0.484 e. The Morgan fingerprint density at radius 2 is 1.94 bits per heavy atom. The van der Waals surface area contributed by atoms with Crippen LogP contribution in [-0.2, 0) is 9.47 Å². The zero-order valence-electron chi connectivity index (χ0n) is 8.97. The van der Waals surface area contributed by atoms with Gasteiger partial charge in [0.1, 0.15) is 5.75 Å². The van der Waals surface area contributed by atoms with E-state index in [1.165, 1.54) is 0 Å². The lowest BCUT2D eigenvalue weighted by atomic mass is 10.2.